The molecule has 1 aliphatic carbocycles. The lowest BCUT2D eigenvalue weighted by Crippen LogP contribution is -2.14. The van der Waals surface area contributed by atoms with E-state index in [0.717, 1.165) is 18.8 Å². The smallest absolute Gasteiger partial charge is 0.120 e. The second-order valence-electron chi connectivity index (χ2n) is 6.18. The van der Waals surface area contributed by atoms with Gasteiger partial charge in [0.1, 0.15) is 5.75 Å². The first-order valence-corrected chi connectivity index (χ1v) is 6.62. The molecular weight excluding hydrogens is 210 g/mol. The maximum absolute atomic E-state index is 6.11. The lowest BCUT2D eigenvalue weighted by Gasteiger charge is -2.18. The normalized spacial score (nSPS) is 25.9. The number of hydrogen-bond donors (Lipinski definition) is 1. The van der Waals surface area contributed by atoms with E-state index in [1.165, 1.54) is 30.4 Å². The Morgan fingerprint density at radius 2 is 2.06 bits per heavy atom. The van der Waals surface area contributed by atoms with Crippen LogP contribution < -0.4 is 10.1 Å². The third kappa shape index (κ3) is 2.32. The van der Waals surface area contributed by atoms with Gasteiger partial charge < -0.3 is 10.1 Å². The van der Waals surface area contributed by atoms with Gasteiger partial charge in [0.05, 0.1) is 6.10 Å². The Labute approximate surface area is 103 Å². The molecule has 0 saturated heterocycles. The molecule has 92 valence electrons. The van der Waals surface area contributed by atoms with Gasteiger partial charge in [0.2, 0.25) is 0 Å². The van der Waals surface area contributed by atoms with Gasteiger partial charge in [-0.15, -0.1) is 0 Å². The summed E-state index contributed by atoms with van der Waals surface area (Å²) >= 11 is 0. The Hall–Kier alpha value is -1.02. The standard InChI is InChI=1S/C15H21NO/c1-15(2)6-5-14(8-15)17-13-4-3-11-9-16-10-12(11)7-13/h3-4,7,14,16H,5-6,8-10H2,1-2H3. The zero-order valence-electron chi connectivity index (χ0n) is 10.8. The van der Waals surface area contributed by atoms with Crippen molar-refractivity contribution in [1.29, 1.82) is 0 Å². The summed E-state index contributed by atoms with van der Waals surface area (Å²) in [5, 5.41) is 3.37. The van der Waals surface area contributed by atoms with E-state index in [1.807, 2.05) is 0 Å². The van der Waals surface area contributed by atoms with E-state index in [0.29, 0.717) is 11.5 Å². The Bertz CT molecular complexity index is 425. The predicted octanol–water partition coefficient (Wildman–Crippen LogP) is 3.25. The van der Waals surface area contributed by atoms with Crippen LogP contribution in [-0.2, 0) is 13.1 Å². The van der Waals surface area contributed by atoms with E-state index in [2.05, 4.69) is 37.4 Å². The molecule has 1 aromatic carbocycles. The van der Waals surface area contributed by atoms with Gasteiger partial charge in [0.25, 0.3) is 0 Å². The molecule has 1 aliphatic heterocycles. The highest BCUT2D eigenvalue weighted by molar-refractivity contribution is 5.37. The Morgan fingerprint density at radius 1 is 1.24 bits per heavy atom. The van der Waals surface area contributed by atoms with Crippen molar-refractivity contribution < 1.29 is 4.74 Å². The van der Waals surface area contributed by atoms with E-state index < -0.39 is 0 Å². The molecule has 0 bridgehead atoms. The fourth-order valence-electron chi connectivity index (χ4n) is 3.01. The number of ether oxygens (including phenoxy) is 1. The monoisotopic (exact) mass is 231 g/mol. The lowest BCUT2D eigenvalue weighted by molar-refractivity contribution is 0.193. The van der Waals surface area contributed by atoms with Gasteiger partial charge in [0, 0.05) is 13.1 Å². The third-order valence-electron chi connectivity index (χ3n) is 4.03. The van der Waals surface area contributed by atoms with E-state index in [1.54, 1.807) is 0 Å². The quantitative estimate of drug-likeness (QED) is 0.843. The summed E-state index contributed by atoms with van der Waals surface area (Å²) in [6, 6.07) is 6.53. The molecule has 1 unspecified atom stereocenters. The van der Waals surface area contributed by atoms with Gasteiger partial charge >= 0.3 is 0 Å². The first-order valence-electron chi connectivity index (χ1n) is 6.62. The topological polar surface area (TPSA) is 21.3 Å². The van der Waals surface area contributed by atoms with Gasteiger partial charge in [-0.05, 0) is 47.9 Å². The summed E-state index contributed by atoms with van der Waals surface area (Å²) in [5.74, 6) is 1.05. The van der Waals surface area contributed by atoms with Gasteiger partial charge in [0.15, 0.2) is 0 Å². The van der Waals surface area contributed by atoms with E-state index in [4.69, 9.17) is 4.74 Å². The second kappa shape index (κ2) is 4.02. The molecule has 1 fully saturated rings. The van der Waals surface area contributed by atoms with E-state index >= 15 is 0 Å². The Morgan fingerprint density at radius 3 is 2.82 bits per heavy atom. The summed E-state index contributed by atoms with van der Waals surface area (Å²) in [7, 11) is 0. The van der Waals surface area contributed by atoms with Crippen molar-refractivity contribution in [2.45, 2.75) is 52.3 Å². The van der Waals surface area contributed by atoms with Crippen LogP contribution in [0.4, 0.5) is 0 Å². The molecule has 0 spiro atoms. The maximum Gasteiger partial charge on any atom is 0.120 e. The first-order chi connectivity index (χ1) is 8.12. The van der Waals surface area contributed by atoms with Crippen LogP contribution in [0.5, 0.6) is 5.75 Å². The van der Waals surface area contributed by atoms with Crippen LogP contribution in [0.1, 0.15) is 44.2 Å². The summed E-state index contributed by atoms with van der Waals surface area (Å²) in [6.07, 6.45) is 4.08. The highest BCUT2D eigenvalue weighted by Crippen LogP contribution is 2.39. The highest BCUT2D eigenvalue weighted by Gasteiger charge is 2.32. The molecule has 1 aromatic rings. The molecule has 0 aromatic heterocycles. The molecule has 0 amide bonds. The average Bonchev–Trinajstić information content (AvgIpc) is 2.84. The number of nitrogens with one attached hydrogen (secondary N) is 1. The maximum atomic E-state index is 6.11. The molecule has 2 aliphatic rings. The minimum Gasteiger partial charge on any atom is -0.490 e. The zero-order valence-corrected chi connectivity index (χ0v) is 10.8. The van der Waals surface area contributed by atoms with E-state index in [9.17, 15) is 0 Å². The van der Waals surface area contributed by atoms with Crippen molar-refractivity contribution in [3.63, 3.8) is 0 Å². The van der Waals surface area contributed by atoms with Crippen LogP contribution in [0, 0.1) is 5.41 Å². The third-order valence-corrected chi connectivity index (χ3v) is 4.03. The second-order valence-corrected chi connectivity index (χ2v) is 6.18. The molecule has 1 N–H and O–H groups in total. The Balaban J connectivity index is 1.70. The van der Waals surface area contributed by atoms with Gasteiger partial charge in [-0.2, -0.15) is 0 Å². The lowest BCUT2D eigenvalue weighted by atomic mass is 9.92. The van der Waals surface area contributed by atoms with Crippen molar-refractivity contribution in [3.8, 4) is 5.75 Å². The molecule has 1 heterocycles. The number of fused-ring (bicyclic) bond motifs is 1. The summed E-state index contributed by atoms with van der Waals surface area (Å²) < 4.78 is 6.11. The minimum atomic E-state index is 0.414. The van der Waals surface area contributed by atoms with Gasteiger partial charge in [-0.25, -0.2) is 0 Å². The molecule has 2 nitrogen and oxygen atoms in total. The first kappa shape index (κ1) is 11.1. The molecule has 2 heteroatoms. The largest absolute Gasteiger partial charge is 0.490 e. The van der Waals surface area contributed by atoms with Crippen molar-refractivity contribution in [3.05, 3.63) is 29.3 Å². The van der Waals surface area contributed by atoms with Crippen LogP contribution >= 0.6 is 0 Å². The van der Waals surface area contributed by atoms with Crippen molar-refractivity contribution in [2.24, 2.45) is 5.41 Å². The molecule has 3 rings (SSSR count). The fourth-order valence-corrected chi connectivity index (χ4v) is 3.01. The number of hydrogen-bond acceptors (Lipinski definition) is 2. The predicted molar refractivity (Wildman–Crippen MR) is 69.0 cm³/mol. The summed E-state index contributed by atoms with van der Waals surface area (Å²) in [6.45, 7) is 6.67. The molecular formula is C15H21NO. The summed E-state index contributed by atoms with van der Waals surface area (Å²) in [4.78, 5) is 0. The van der Waals surface area contributed by atoms with Gasteiger partial charge in [-0.3, -0.25) is 0 Å². The van der Waals surface area contributed by atoms with Crippen molar-refractivity contribution in [2.75, 3.05) is 0 Å². The van der Waals surface area contributed by atoms with E-state index in [-0.39, 0.29) is 0 Å². The number of benzene rings is 1. The fraction of sp³-hybridized carbons (Fsp3) is 0.600. The zero-order chi connectivity index (χ0) is 11.9. The summed E-state index contributed by atoms with van der Waals surface area (Å²) in [5.41, 5.74) is 3.28. The van der Waals surface area contributed by atoms with Crippen LogP contribution in [0.15, 0.2) is 18.2 Å². The molecule has 1 saturated carbocycles. The molecule has 0 radical (unpaired) electrons. The Kier molecular flexibility index (Phi) is 2.62. The van der Waals surface area contributed by atoms with Crippen molar-refractivity contribution >= 4 is 0 Å². The van der Waals surface area contributed by atoms with Crippen molar-refractivity contribution in [1.82, 2.24) is 5.32 Å². The van der Waals surface area contributed by atoms with Crippen LogP contribution in [0.2, 0.25) is 0 Å². The van der Waals surface area contributed by atoms with Crippen LogP contribution in [0.3, 0.4) is 0 Å². The van der Waals surface area contributed by atoms with Crippen LogP contribution in [0.25, 0.3) is 0 Å². The number of rotatable bonds is 2. The molecule has 1 atom stereocenters. The molecule has 17 heavy (non-hydrogen) atoms. The highest BCUT2D eigenvalue weighted by atomic mass is 16.5. The SMILES string of the molecule is CC1(C)CCC(Oc2ccc3c(c2)CNC3)C1. The minimum absolute atomic E-state index is 0.414. The van der Waals surface area contributed by atoms with Crippen LogP contribution in [-0.4, -0.2) is 6.10 Å². The average molecular weight is 231 g/mol. The van der Waals surface area contributed by atoms with Gasteiger partial charge in [-0.1, -0.05) is 19.9 Å².